The van der Waals surface area contributed by atoms with Crippen molar-refractivity contribution in [2.75, 3.05) is 16.0 Å². The highest BCUT2D eigenvalue weighted by molar-refractivity contribution is 6.05. The van der Waals surface area contributed by atoms with Gasteiger partial charge in [-0.05, 0) is 43.5 Å². The van der Waals surface area contributed by atoms with Crippen LogP contribution in [0.25, 0.3) is 0 Å². The molecule has 182 valence electrons. The summed E-state index contributed by atoms with van der Waals surface area (Å²) in [6.45, 7) is 1.85. The standard InChI is InChI=1S/C25H28FN7O2/c1-14-6-2-3-7-17(14)25(35)31-16-10-15(12-29-13-16)30-23-18(22(28)34)11-19(26)24(33-23)32-21-9-5-4-8-20(21)27/h2-3,6-7,10-13,20-21H,4-5,8-9,27H2,1H3,(H2,28,34)(H,31,35)(H2,30,32,33). The molecule has 2 amide bonds. The maximum atomic E-state index is 14.8. The minimum Gasteiger partial charge on any atom is -0.365 e. The fourth-order valence-corrected chi connectivity index (χ4v) is 4.13. The van der Waals surface area contributed by atoms with Crippen molar-refractivity contribution in [2.45, 2.75) is 44.7 Å². The Kier molecular flexibility index (Phi) is 7.21. The number of hydrogen-bond donors (Lipinski definition) is 5. The lowest BCUT2D eigenvalue weighted by atomic mass is 9.91. The fourth-order valence-electron chi connectivity index (χ4n) is 4.13. The van der Waals surface area contributed by atoms with Gasteiger partial charge in [-0.25, -0.2) is 9.37 Å². The van der Waals surface area contributed by atoms with Crippen LogP contribution in [0.15, 0.2) is 48.8 Å². The molecule has 1 saturated carbocycles. The second-order valence-corrected chi connectivity index (χ2v) is 8.63. The number of nitrogens with zero attached hydrogens (tertiary/aromatic N) is 2. The van der Waals surface area contributed by atoms with Gasteiger partial charge in [0, 0.05) is 17.6 Å². The second kappa shape index (κ2) is 10.5. The summed E-state index contributed by atoms with van der Waals surface area (Å²) in [4.78, 5) is 33.1. The number of amides is 2. The van der Waals surface area contributed by atoms with Gasteiger partial charge in [-0.15, -0.1) is 0 Å². The average molecular weight is 478 g/mol. The van der Waals surface area contributed by atoms with E-state index in [1.807, 2.05) is 19.1 Å². The quantitative estimate of drug-likeness (QED) is 0.348. The van der Waals surface area contributed by atoms with Gasteiger partial charge in [0.15, 0.2) is 11.6 Å². The van der Waals surface area contributed by atoms with Crippen molar-refractivity contribution < 1.29 is 14.0 Å². The molecule has 4 rings (SSSR count). The molecule has 2 heterocycles. The number of rotatable bonds is 7. The van der Waals surface area contributed by atoms with Crippen molar-refractivity contribution in [2.24, 2.45) is 11.5 Å². The first-order valence-electron chi connectivity index (χ1n) is 11.4. The molecular weight excluding hydrogens is 449 g/mol. The van der Waals surface area contributed by atoms with Crippen molar-refractivity contribution in [3.05, 3.63) is 71.3 Å². The lowest BCUT2D eigenvalue weighted by molar-refractivity contribution is 0.0997. The average Bonchev–Trinajstić information content (AvgIpc) is 2.82. The number of carbonyl (C=O) groups excluding carboxylic acids is 2. The predicted octanol–water partition coefficient (Wildman–Crippen LogP) is 3.70. The van der Waals surface area contributed by atoms with Crippen molar-refractivity contribution in [1.29, 1.82) is 0 Å². The van der Waals surface area contributed by atoms with Gasteiger partial charge >= 0.3 is 0 Å². The van der Waals surface area contributed by atoms with Gasteiger partial charge in [0.2, 0.25) is 0 Å². The molecule has 1 aliphatic carbocycles. The Morgan fingerprint density at radius 3 is 2.51 bits per heavy atom. The largest absolute Gasteiger partial charge is 0.365 e. The highest BCUT2D eigenvalue weighted by atomic mass is 19.1. The van der Waals surface area contributed by atoms with Crippen molar-refractivity contribution in [1.82, 2.24) is 9.97 Å². The number of nitrogens with one attached hydrogen (secondary N) is 3. The number of aromatic nitrogens is 2. The Bertz CT molecular complexity index is 1250. The number of halogens is 1. The molecule has 2 atom stereocenters. The van der Waals surface area contributed by atoms with E-state index in [0.29, 0.717) is 16.9 Å². The first kappa shape index (κ1) is 24.1. The smallest absolute Gasteiger partial charge is 0.255 e. The minimum absolute atomic E-state index is 0.0168. The molecule has 0 radical (unpaired) electrons. The maximum absolute atomic E-state index is 14.8. The number of primary amides is 1. The third-order valence-electron chi connectivity index (χ3n) is 6.03. The summed E-state index contributed by atoms with van der Waals surface area (Å²) < 4.78 is 14.8. The molecule has 1 fully saturated rings. The third-order valence-corrected chi connectivity index (χ3v) is 6.03. The van der Waals surface area contributed by atoms with Crippen LogP contribution in [0, 0.1) is 12.7 Å². The van der Waals surface area contributed by atoms with E-state index < -0.39 is 11.7 Å². The molecule has 3 aromatic rings. The molecule has 10 heteroatoms. The second-order valence-electron chi connectivity index (χ2n) is 8.63. The topological polar surface area (TPSA) is 148 Å². The Morgan fingerprint density at radius 1 is 1.03 bits per heavy atom. The van der Waals surface area contributed by atoms with Crippen LogP contribution in [0.4, 0.5) is 27.4 Å². The molecule has 35 heavy (non-hydrogen) atoms. The van der Waals surface area contributed by atoms with Crippen LogP contribution in [-0.4, -0.2) is 33.9 Å². The lowest BCUT2D eigenvalue weighted by Gasteiger charge is -2.30. The zero-order valence-electron chi connectivity index (χ0n) is 19.3. The molecule has 0 bridgehead atoms. The van der Waals surface area contributed by atoms with Gasteiger partial charge in [-0.1, -0.05) is 31.0 Å². The molecule has 9 nitrogen and oxygen atoms in total. The van der Waals surface area contributed by atoms with Crippen molar-refractivity contribution in [3.63, 3.8) is 0 Å². The Hall–Kier alpha value is -4.05. The number of benzene rings is 1. The first-order chi connectivity index (χ1) is 16.8. The van der Waals surface area contributed by atoms with Crippen LogP contribution in [-0.2, 0) is 0 Å². The summed E-state index contributed by atoms with van der Waals surface area (Å²) in [6.07, 6.45) is 6.65. The number of anilines is 4. The van der Waals surface area contributed by atoms with Gasteiger partial charge in [-0.2, -0.15) is 0 Å². The summed E-state index contributed by atoms with van der Waals surface area (Å²) in [6, 6.07) is 9.66. The van der Waals surface area contributed by atoms with Crippen LogP contribution in [0.3, 0.4) is 0 Å². The van der Waals surface area contributed by atoms with E-state index in [0.717, 1.165) is 37.3 Å². The van der Waals surface area contributed by atoms with E-state index in [-0.39, 0.29) is 35.2 Å². The van der Waals surface area contributed by atoms with E-state index in [9.17, 15) is 14.0 Å². The molecule has 0 saturated heterocycles. The van der Waals surface area contributed by atoms with Crippen LogP contribution in [0.5, 0.6) is 0 Å². The Morgan fingerprint density at radius 2 is 1.77 bits per heavy atom. The zero-order chi connectivity index (χ0) is 24.9. The van der Waals surface area contributed by atoms with Gasteiger partial charge in [0.1, 0.15) is 5.82 Å². The normalized spacial score (nSPS) is 17.5. The summed E-state index contributed by atoms with van der Waals surface area (Å²) in [7, 11) is 0. The van der Waals surface area contributed by atoms with Crippen LogP contribution in [0.1, 0.15) is 52.0 Å². The van der Waals surface area contributed by atoms with Crippen LogP contribution >= 0.6 is 0 Å². The highest BCUT2D eigenvalue weighted by Crippen LogP contribution is 2.27. The number of nitrogens with two attached hydrogens (primary N) is 2. The highest BCUT2D eigenvalue weighted by Gasteiger charge is 2.24. The van der Waals surface area contributed by atoms with Gasteiger partial charge in [-0.3, -0.25) is 14.6 Å². The van der Waals surface area contributed by atoms with Crippen molar-refractivity contribution in [3.8, 4) is 0 Å². The van der Waals surface area contributed by atoms with E-state index in [4.69, 9.17) is 11.5 Å². The monoisotopic (exact) mass is 477 g/mol. The van der Waals surface area contributed by atoms with Crippen LogP contribution in [0.2, 0.25) is 0 Å². The zero-order valence-corrected chi connectivity index (χ0v) is 19.3. The van der Waals surface area contributed by atoms with Gasteiger partial charge in [0.25, 0.3) is 11.8 Å². The Labute approximate surface area is 202 Å². The van der Waals surface area contributed by atoms with E-state index in [2.05, 4.69) is 25.9 Å². The molecule has 2 aromatic heterocycles. The number of aryl methyl sites for hydroxylation is 1. The Balaban J connectivity index is 1.57. The molecule has 1 aliphatic rings. The summed E-state index contributed by atoms with van der Waals surface area (Å²) in [5.41, 5.74) is 13.8. The number of hydrogen-bond acceptors (Lipinski definition) is 7. The van der Waals surface area contributed by atoms with Gasteiger partial charge in [0.05, 0.1) is 29.3 Å². The van der Waals surface area contributed by atoms with Crippen molar-refractivity contribution >= 4 is 34.8 Å². The molecular formula is C25H28FN7O2. The minimum atomic E-state index is -0.836. The fraction of sp³-hybridized carbons (Fsp3) is 0.280. The van der Waals surface area contributed by atoms with E-state index in [1.165, 1.54) is 12.4 Å². The molecule has 0 spiro atoms. The third kappa shape index (κ3) is 5.72. The summed E-state index contributed by atoms with van der Waals surface area (Å²) in [5.74, 6) is -1.77. The number of pyridine rings is 2. The molecule has 0 aliphatic heterocycles. The molecule has 1 aromatic carbocycles. The summed E-state index contributed by atoms with van der Waals surface area (Å²) >= 11 is 0. The van der Waals surface area contributed by atoms with Gasteiger partial charge < -0.3 is 27.4 Å². The maximum Gasteiger partial charge on any atom is 0.255 e. The molecule has 7 N–H and O–H groups in total. The number of carbonyl (C=O) groups is 2. The van der Waals surface area contributed by atoms with E-state index in [1.54, 1.807) is 18.2 Å². The molecule has 2 unspecified atom stereocenters. The van der Waals surface area contributed by atoms with E-state index >= 15 is 0 Å². The van der Waals surface area contributed by atoms with Crippen LogP contribution < -0.4 is 27.4 Å². The SMILES string of the molecule is Cc1ccccc1C(=O)Nc1cncc(Nc2nc(NC3CCCCC3N)c(F)cc2C(N)=O)c1. The summed E-state index contributed by atoms with van der Waals surface area (Å²) in [5, 5.41) is 8.85. The predicted molar refractivity (Wildman–Crippen MR) is 133 cm³/mol. The lowest BCUT2D eigenvalue weighted by Crippen LogP contribution is -2.43. The first-order valence-corrected chi connectivity index (χ1v) is 11.4.